The summed E-state index contributed by atoms with van der Waals surface area (Å²) in [5, 5.41) is 3.60. The van der Waals surface area contributed by atoms with E-state index in [1.165, 1.54) is 34.9 Å². The van der Waals surface area contributed by atoms with Crippen LogP contribution in [0.4, 0.5) is 0 Å². The summed E-state index contributed by atoms with van der Waals surface area (Å²) in [5.41, 5.74) is 2.61. The van der Waals surface area contributed by atoms with Gasteiger partial charge in [0, 0.05) is 24.2 Å². The summed E-state index contributed by atoms with van der Waals surface area (Å²) >= 11 is 3.57. The van der Waals surface area contributed by atoms with Crippen molar-refractivity contribution in [3.63, 3.8) is 0 Å². The maximum atomic E-state index is 5.48. The second-order valence-corrected chi connectivity index (χ2v) is 5.63. The van der Waals surface area contributed by atoms with Crippen LogP contribution in [0.5, 0.6) is 0 Å². The summed E-state index contributed by atoms with van der Waals surface area (Å²) in [4.78, 5) is 0. The first-order valence-corrected chi connectivity index (χ1v) is 7.01. The van der Waals surface area contributed by atoms with Gasteiger partial charge >= 0.3 is 0 Å². The zero-order valence-corrected chi connectivity index (χ0v) is 12.1. The molecule has 1 fully saturated rings. The normalized spacial score (nSPS) is 24.2. The van der Waals surface area contributed by atoms with E-state index in [0.29, 0.717) is 12.1 Å². The van der Waals surface area contributed by atoms with Gasteiger partial charge < -0.3 is 10.1 Å². The predicted octanol–water partition coefficient (Wildman–Crippen LogP) is 3.41. The number of methoxy groups -OCH3 is 1. The van der Waals surface area contributed by atoms with E-state index in [0.717, 1.165) is 6.54 Å². The number of hydrogen-bond acceptors (Lipinski definition) is 2. The van der Waals surface area contributed by atoms with Crippen molar-refractivity contribution in [3.05, 3.63) is 33.8 Å². The monoisotopic (exact) mass is 297 g/mol. The Hall–Kier alpha value is -0.380. The Balaban J connectivity index is 1.91. The summed E-state index contributed by atoms with van der Waals surface area (Å²) in [7, 11) is 1.81. The van der Waals surface area contributed by atoms with Crippen LogP contribution in [0, 0.1) is 6.92 Å². The van der Waals surface area contributed by atoms with Gasteiger partial charge in [0.05, 0.1) is 6.10 Å². The van der Waals surface area contributed by atoms with Crippen molar-refractivity contribution < 1.29 is 4.74 Å². The van der Waals surface area contributed by atoms with Crippen molar-refractivity contribution >= 4 is 15.9 Å². The first kappa shape index (κ1) is 13.1. The van der Waals surface area contributed by atoms with E-state index in [4.69, 9.17) is 4.74 Å². The lowest BCUT2D eigenvalue weighted by atomic mass is 10.1. The smallest absolute Gasteiger partial charge is 0.0724 e. The standard InChI is InChI=1S/C14H20BrNO/c1-10-6-7-11(8-12(10)15)9-16-13-4-3-5-14(13)17-2/h6-8,13-14,16H,3-5,9H2,1-2H3. The number of ether oxygens (including phenoxy) is 1. The molecule has 0 aliphatic heterocycles. The van der Waals surface area contributed by atoms with Gasteiger partial charge in [-0.25, -0.2) is 0 Å². The fraction of sp³-hybridized carbons (Fsp3) is 0.571. The summed E-state index contributed by atoms with van der Waals surface area (Å²) in [6, 6.07) is 7.05. The zero-order chi connectivity index (χ0) is 12.3. The Labute approximate surface area is 112 Å². The highest BCUT2D eigenvalue weighted by molar-refractivity contribution is 9.10. The Morgan fingerprint density at radius 1 is 1.41 bits per heavy atom. The molecule has 94 valence electrons. The highest BCUT2D eigenvalue weighted by Crippen LogP contribution is 2.22. The minimum atomic E-state index is 0.392. The van der Waals surface area contributed by atoms with Crippen molar-refractivity contribution in [1.29, 1.82) is 0 Å². The molecule has 1 aromatic carbocycles. The summed E-state index contributed by atoms with van der Waals surface area (Å²) in [5.74, 6) is 0. The Morgan fingerprint density at radius 2 is 2.24 bits per heavy atom. The molecule has 1 aromatic rings. The lowest BCUT2D eigenvalue weighted by molar-refractivity contribution is 0.0847. The van der Waals surface area contributed by atoms with Gasteiger partial charge in [0.1, 0.15) is 0 Å². The Kier molecular flexibility index (Phi) is 4.60. The molecule has 3 heteroatoms. The fourth-order valence-corrected chi connectivity index (χ4v) is 2.86. The van der Waals surface area contributed by atoms with E-state index >= 15 is 0 Å². The van der Waals surface area contributed by atoms with Gasteiger partial charge in [-0.05, 0) is 43.4 Å². The van der Waals surface area contributed by atoms with Crippen LogP contribution in [0.25, 0.3) is 0 Å². The first-order valence-electron chi connectivity index (χ1n) is 6.22. The minimum Gasteiger partial charge on any atom is -0.380 e. The average Bonchev–Trinajstić information content (AvgIpc) is 2.78. The molecule has 0 spiro atoms. The van der Waals surface area contributed by atoms with E-state index < -0.39 is 0 Å². The number of aryl methyl sites for hydroxylation is 1. The van der Waals surface area contributed by atoms with Crippen LogP contribution in [-0.4, -0.2) is 19.3 Å². The topological polar surface area (TPSA) is 21.3 Å². The molecule has 0 radical (unpaired) electrons. The van der Waals surface area contributed by atoms with Crippen molar-refractivity contribution in [3.8, 4) is 0 Å². The third kappa shape index (κ3) is 3.30. The molecule has 2 unspecified atom stereocenters. The molecule has 2 rings (SSSR count). The SMILES string of the molecule is COC1CCCC1NCc1ccc(C)c(Br)c1. The number of benzene rings is 1. The molecular weight excluding hydrogens is 278 g/mol. The van der Waals surface area contributed by atoms with Crippen LogP contribution in [0.15, 0.2) is 22.7 Å². The molecule has 0 aromatic heterocycles. The Bertz CT molecular complexity index is 380. The number of halogens is 1. The predicted molar refractivity (Wildman–Crippen MR) is 74.2 cm³/mol. The van der Waals surface area contributed by atoms with Gasteiger partial charge in [-0.2, -0.15) is 0 Å². The third-order valence-electron chi connectivity index (χ3n) is 3.56. The van der Waals surface area contributed by atoms with E-state index in [1.807, 2.05) is 7.11 Å². The minimum absolute atomic E-state index is 0.392. The Morgan fingerprint density at radius 3 is 2.94 bits per heavy atom. The molecule has 2 atom stereocenters. The number of rotatable bonds is 4. The van der Waals surface area contributed by atoms with Gasteiger partial charge in [-0.15, -0.1) is 0 Å². The molecule has 0 bridgehead atoms. The lowest BCUT2D eigenvalue weighted by Gasteiger charge is -2.19. The highest BCUT2D eigenvalue weighted by Gasteiger charge is 2.26. The van der Waals surface area contributed by atoms with E-state index in [-0.39, 0.29) is 0 Å². The van der Waals surface area contributed by atoms with Crippen LogP contribution >= 0.6 is 15.9 Å². The third-order valence-corrected chi connectivity index (χ3v) is 4.41. The molecular formula is C14H20BrNO. The van der Waals surface area contributed by atoms with Crippen LogP contribution in [0.2, 0.25) is 0 Å². The maximum Gasteiger partial charge on any atom is 0.0724 e. The van der Waals surface area contributed by atoms with Crippen LogP contribution in [-0.2, 0) is 11.3 Å². The fourth-order valence-electron chi connectivity index (χ4n) is 2.44. The van der Waals surface area contributed by atoms with Gasteiger partial charge in [0.2, 0.25) is 0 Å². The molecule has 1 aliphatic rings. The quantitative estimate of drug-likeness (QED) is 0.919. The number of hydrogen-bond donors (Lipinski definition) is 1. The van der Waals surface area contributed by atoms with Gasteiger partial charge in [-0.1, -0.05) is 28.1 Å². The summed E-state index contributed by atoms with van der Waals surface area (Å²) in [6.07, 6.45) is 4.08. The van der Waals surface area contributed by atoms with Crippen molar-refractivity contribution in [2.75, 3.05) is 7.11 Å². The van der Waals surface area contributed by atoms with Crippen molar-refractivity contribution in [2.24, 2.45) is 0 Å². The molecule has 1 saturated carbocycles. The molecule has 1 aliphatic carbocycles. The average molecular weight is 298 g/mol. The molecule has 17 heavy (non-hydrogen) atoms. The maximum absolute atomic E-state index is 5.48. The number of nitrogens with one attached hydrogen (secondary N) is 1. The summed E-state index contributed by atoms with van der Waals surface area (Å²) < 4.78 is 6.67. The molecule has 0 amide bonds. The largest absolute Gasteiger partial charge is 0.380 e. The zero-order valence-electron chi connectivity index (χ0n) is 10.5. The second-order valence-electron chi connectivity index (χ2n) is 4.78. The first-order chi connectivity index (χ1) is 8.20. The van der Waals surface area contributed by atoms with E-state index in [2.05, 4.69) is 46.4 Å². The van der Waals surface area contributed by atoms with Gasteiger partial charge in [-0.3, -0.25) is 0 Å². The molecule has 1 N–H and O–H groups in total. The van der Waals surface area contributed by atoms with Crippen LogP contribution in [0.1, 0.15) is 30.4 Å². The highest BCUT2D eigenvalue weighted by atomic mass is 79.9. The van der Waals surface area contributed by atoms with Gasteiger partial charge in [0.15, 0.2) is 0 Å². The second kappa shape index (κ2) is 5.98. The van der Waals surface area contributed by atoms with Crippen LogP contribution < -0.4 is 5.32 Å². The van der Waals surface area contributed by atoms with Crippen molar-refractivity contribution in [1.82, 2.24) is 5.32 Å². The van der Waals surface area contributed by atoms with E-state index in [1.54, 1.807) is 0 Å². The van der Waals surface area contributed by atoms with E-state index in [9.17, 15) is 0 Å². The molecule has 2 nitrogen and oxygen atoms in total. The van der Waals surface area contributed by atoms with Crippen LogP contribution in [0.3, 0.4) is 0 Å². The lowest BCUT2D eigenvalue weighted by Crippen LogP contribution is -2.36. The van der Waals surface area contributed by atoms with Crippen molar-refractivity contribution in [2.45, 2.75) is 44.9 Å². The van der Waals surface area contributed by atoms with Gasteiger partial charge in [0.25, 0.3) is 0 Å². The molecule has 0 heterocycles. The molecule has 0 saturated heterocycles. The summed E-state index contributed by atoms with van der Waals surface area (Å²) in [6.45, 7) is 3.03.